The maximum Gasteiger partial charge on any atom is 0.223 e. The molecule has 0 unspecified atom stereocenters. The number of amides is 1. The molecule has 6 N–H and O–H groups in total. The minimum absolute atomic E-state index is 0.0606. The van der Waals surface area contributed by atoms with Gasteiger partial charge in [-0.3, -0.25) is 4.79 Å². The predicted molar refractivity (Wildman–Crippen MR) is 68.8 cm³/mol. The Morgan fingerprint density at radius 2 is 2.17 bits per heavy atom. The molecule has 18 heavy (non-hydrogen) atoms. The lowest BCUT2D eigenvalue weighted by Gasteiger charge is -2.07. The number of carbonyl (C=O) groups is 1. The van der Waals surface area contributed by atoms with Crippen molar-refractivity contribution in [1.29, 1.82) is 0 Å². The van der Waals surface area contributed by atoms with Crippen molar-refractivity contribution >= 4 is 23.5 Å². The molecular weight excluding hydrogens is 236 g/mol. The van der Waals surface area contributed by atoms with E-state index in [0.29, 0.717) is 31.9 Å². The average molecular weight is 254 g/mol. The average Bonchev–Trinajstić information content (AvgIpc) is 2.28. The van der Waals surface area contributed by atoms with E-state index in [0.717, 1.165) is 0 Å². The van der Waals surface area contributed by atoms with E-state index >= 15 is 0 Å². The molecule has 0 saturated heterocycles. The standard InChI is InChI=1S/C10H18N6O2/c1-18-5-4-14-9(17)2-3-13-8-6-7(11)15-10(12)16-8/h6H,2-5H2,1H3,(H,14,17)(H5,11,12,13,15,16). The summed E-state index contributed by atoms with van der Waals surface area (Å²) in [7, 11) is 1.58. The highest BCUT2D eigenvalue weighted by molar-refractivity contribution is 5.76. The van der Waals surface area contributed by atoms with Crippen molar-refractivity contribution in [2.24, 2.45) is 0 Å². The summed E-state index contributed by atoms with van der Waals surface area (Å²) in [5, 5.41) is 5.65. The van der Waals surface area contributed by atoms with E-state index in [4.69, 9.17) is 16.2 Å². The van der Waals surface area contributed by atoms with E-state index in [2.05, 4.69) is 20.6 Å². The molecule has 0 aliphatic carbocycles. The second kappa shape index (κ2) is 7.28. The van der Waals surface area contributed by atoms with Crippen LogP contribution in [0.25, 0.3) is 0 Å². The monoisotopic (exact) mass is 254 g/mol. The van der Waals surface area contributed by atoms with Crippen LogP contribution < -0.4 is 22.1 Å². The first kappa shape index (κ1) is 14.0. The second-order valence-electron chi connectivity index (χ2n) is 3.56. The molecule has 1 aromatic heterocycles. The number of nitrogens with two attached hydrogens (primary N) is 2. The van der Waals surface area contributed by atoms with Gasteiger partial charge in [-0.2, -0.15) is 9.97 Å². The normalized spacial score (nSPS) is 10.1. The van der Waals surface area contributed by atoms with Gasteiger partial charge in [-0.15, -0.1) is 0 Å². The summed E-state index contributed by atoms with van der Waals surface area (Å²) < 4.78 is 4.82. The molecule has 0 fully saturated rings. The van der Waals surface area contributed by atoms with Gasteiger partial charge < -0.3 is 26.8 Å². The molecule has 8 heteroatoms. The quantitative estimate of drug-likeness (QED) is 0.469. The van der Waals surface area contributed by atoms with E-state index in [1.54, 1.807) is 13.2 Å². The highest BCUT2D eigenvalue weighted by atomic mass is 16.5. The number of rotatable bonds is 7. The minimum Gasteiger partial charge on any atom is -0.383 e. The fraction of sp³-hybridized carbons (Fsp3) is 0.500. The van der Waals surface area contributed by atoms with Crippen LogP contribution in [0.15, 0.2) is 6.07 Å². The van der Waals surface area contributed by atoms with Gasteiger partial charge >= 0.3 is 0 Å². The van der Waals surface area contributed by atoms with Crippen LogP contribution in [-0.2, 0) is 9.53 Å². The molecule has 0 bridgehead atoms. The zero-order valence-electron chi connectivity index (χ0n) is 10.3. The summed E-state index contributed by atoms with van der Waals surface area (Å²) in [5.74, 6) is 0.829. The Morgan fingerprint density at radius 3 is 2.83 bits per heavy atom. The maximum absolute atomic E-state index is 11.4. The molecule has 0 atom stereocenters. The molecule has 1 heterocycles. The van der Waals surface area contributed by atoms with Crippen molar-refractivity contribution in [1.82, 2.24) is 15.3 Å². The molecule has 0 aliphatic heterocycles. The number of methoxy groups -OCH3 is 1. The maximum atomic E-state index is 11.4. The van der Waals surface area contributed by atoms with Gasteiger partial charge in [0.25, 0.3) is 0 Å². The Kier molecular flexibility index (Phi) is 5.65. The van der Waals surface area contributed by atoms with Crippen molar-refractivity contribution in [3.05, 3.63) is 6.07 Å². The summed E-state index contributed by atoms with van der Waals surface area (Å²) in [6.07, 6.45) is 0.327. The van der Waals surface area contributed by atoms with Crippen LogP contribution in [0.5, 0.6) is 0 Å². The van der Waals surface area contributed by atoms with Crippen LogP contribution in [0.3, 0.4) is 0 Å². The largest absolute Gasteiger partial charge is 0.383 e. The SMILES string of the molecule is COCCNC(=O)CCNc1cc(N)nc(N)n1. The number of nitrogen functional groups attached to an aromatic ring is 2. The highest BCUT2D eigenvalue weighted by Crippen LogP contribution is 2.08. The van der Waals surface area contributed by atoms with Crippen LogP contribution in [0.4, 0.5) is 17.6 Å². The topological polar surface area (TPSA) is 128 Å². The van der Waals surface area contributed by atoms with E-state index in [1.807, 2.05) is 0 Å². The third kappa shape index (κ3) is 5.30. The predicted octanol–water partition coefficient (Wildman–Crippen LogP) is -0.794. The number of hydrogen-bond acceptors (Lipinski definition) is 7. The molecule has 0 aromatic carbocycles. The van der Waals surface area contributed by atoms with E-state index in [9.17, 15) is 4.79 Å². The Labute approximate surface area is 105 Å². The van der Waals surface area contributed by atoms with Gasteiger partial charge in [0.05, 0.1) is 6.61 Å². The molecule has 0 aliphatic rings. The van der Waals surface area contributed by atoms with Crippen molar-refractivity contribution < 1.29 is 9.53 Å². The van der Waals surface area contributed by atoms with Crippen LogP contribution in [-0.4, -0.2) is 42.7 Å². The first-order valence-electron chi connectivity index (χ1n) is 5.51. The minimum atomic E-state index is -0.0606. The summed E-state index contributed by atoms with van der Waals surface area (Å²) in [4.78, 5) is 19.0. The zero-order valence-corrected chi connectivity index (χ0v) is 10.3. The summed E-state index contributed by atoms with van der Waals surface area (Å²) in [5.41, 5.74) is 10.9. The molecule has 100 valence electrons. The van der Waals surface area contributed by atoms with Gasteiger partial charge in [0, 0.05) is 32.7 Å². The fourth-order valence-electron chi connectivity index (χ4n) is 1.26. The van der Waals surface area contributed by atoms with Gasteiger partial charge in [0.1, 0.15) is 11.6 Å². The first-order chi connectivity index (χ1) is 8.61. The summed E-state index contributed by atoms with van der Waals surface area (Å²) in [6, 6.07) is 1.55. The first-order valence-corrected chi connectivity index (χ1v) is 5.51. The number of ether oxygens (including phenoxy) is 1. The lowest BCUT2D eigenvalue weighted by Crippen LogP contribution is -2.28. The fourth-order valence-corrected chi connectivity index (χ4v) is 1.26. The van der Waals surface area contributed by atoms with Crippen LogP contribution in [0.1, 0.15) is 6.42 Å². The molecule has 1 aromatic rings. The van der Waals surface area contributed by atoms with E-state index in [-0.39, 0.29) is 17.7 Å². The Bertz CT molecular complexity index is 378. The van der Waals surface area contributed by atoms with Gasteiger partial charge in [0.2, 0.25) is 11.9 Å². The van der Waals surface area contributed by atoms with Crippen LogP contribution >= 0.6 is 0 Å². The van der Waals surface area contributed by atoms with Gasteiger partial charge in [-0.1, -0.05) is 0 Å². The van der Waals surface area contributed by atoms with Gasteiger partial charge in [-0.25, -0.2) is 0 Å². The molecule has 0 spiro atoms. The smallest absolute Gasteiger partial charge is 0.223 e. The molecule has 0 saturated carbocycles. The number of nitrogens with one attached hydrogen (secondary N) is 2. The lowest BCUT2D eigenvalue weighted by atomic mass is 10.4. The summed E-state index contributed by atoms with van der Waals surface area (Å²) >= 11 is 0. The zero-order chi connectivity index (χ0) is 13.4. The Hall–Kier alpha value is -2.09. The van der Waals surface area contributed by atoms with Gasteiger partial charge in [0.15, 0.2) is 0 Å². The van der Waals surface area contributed by atoms with Crippen LogP contribution in [0, 0.1) is 0 Å². The van der Waals surface area contributed by atoms with Crippen LogP contribution in [0.2, 0.25) is 0 Å². The lowest BCUT2D eigenvalue weighted by molar-refractivity contribution is -0.121. The van der Waals surface area contributed by atoms with E-state index < -0.39 is 0 Å². The molecule has 1 rings (SSSR count). The Morgan fingerprint density at radius 1 is 1.39 bits per heavy atom. The third-order valence-corrected chi connectivity index (χ3v) is 2.05. The molecule has 8 nitrogen and oxygen atoms in total. The number of aromatic nitrogens is 2. The highest BCUT2D eigenvalue weighted by Gasteiger charge is 2.02. The number of nitrogens with zero attached hydrogens (tertiary/aromatic N) is 2. The summed E-state index contributed by atoms with van der Waals surface area (Å²) in [6.45, 7) is 1.44. The molecular formula is C10H18N6O2. The molecule has 1 amide bonds. The number of carbonyl (C=O) groups excluding carboxylic acids is 1. The molecule has 0 radical (unpaired) electrons. The number of hydrogen-bond donors (Lipinski definition) is 4. The number of anilines is 3. The van der Waals surface area contributed by atoms with E-state index in [1.165, 1.54) is 0 Å². The van der Waals surface area contributed by atoms with Crippen molar-refractivity contribution in [2.75, 3.05) is 43.6 Å². The van der Waals surface area contributed by atoms with Crippen molar-refractivity contribution in [3.8, 4) is 0 Å². The van der Waals surface area contributed by atoms with Gasteiger partial charge in [-0.05, 0) is 0 Å². The van der Waals surface area contributed by atoms with Crippen molar-refractivity contribution in [3.63, 3.8) is 0 Å². The Balaban J connectivity index is 2.26. The second-order valence-corrected chi connectivity index (χ2v) is 3.56. The van der Waals surface area contributed by atoms with Crippen molar-refractivity contribution in [2.45, 2.75) is 6.42 Å². The third-order valence-electron chi connectivity index (χ3n) is 2.05.